The summed E-state index contributed by atoms with van der Waals surface area (Å²) in [4.78, 5) is 16.5. The van der Waals surface area contributed by atoms with Gasteiger partial charge in [-0.25, -0.2) is 0 Å². The van der Waals surface area contributed by atoms with Crippen molar-refractivity contribution in [3.05, 3.63) is 21.4 Å². The Morgan fingerprint density at radius 3 is 2.88 bits per heavy atom. The summed E-state index contributed by atoms with van der Waals surface area (Å²) in [5.41, 5.74) is 6.96. The van der Waals surface area contributed by atoms with Gasteiger partial charge in [-0.15, -0.1) is 11.3 Å². The molecule has 1 amide bonds. The number of nitrogens with zero attached hydrogens (tertiary/aromatic N) is 1. The van der Waals surface area contributed by atoms with Crippen molar-refractivity contribution in [2.24, 2.45) is 5.73 Å². The van der Waals surface area contributed by atoms with Gasteiger partial charge in [-0.1, -0.05) is 0 Å². The number of likely N-dealkylation sites (tertiary alicyclic amines) is 1. The van der Waals surface area contributed by atoms with Gasteiger partial charge >= 0.3 is 0 Å². The number of hydrogen-bond donors (Lipinski definition) is 1. The Labute approximate surface area is 107 Å². The number of thiophene rings is 1. The van der Waals surface area contributed by atoms with Crippen LogP contribution in [0.1, 0.15) is 39.4 Å². The standard InChI is InChI=1S/C13H20N2OS/c1-9-7-12(17-10(9)2)13(16)15-6-4-3-5-11(15)8-14/h7,11H,3-6,8,14H2,1-2H3. The molecule has 4 heteroatoms. The van der Waals surface area contributed by atoms with Crippen LogP contribution in [0.2, 0.25) is 0 Å². The third-order valence-electron chi connectivity index (χ3n) is 3.54. The Hall–Kier alpha value is -0.870. The summed E-state index contributed by atoms with van der Waals surface area (Å²) >= 11 is 1.60. The second kappa shape index (κ2) is 5.19. The average molecular weight is 252 g/mol. The van der Waals surface area contributed by atoms with Crippen LogP contribution in [0.3, 0.4) is 0 Å². The van der Waals surface area contributed by atoms with E-state index in [4.69, 9.17) is 5.73 Å². The molecule has 1 saturated heterocycles. The molecule has 1 atom stereocenters. The summed E-state index contributed by atoms with van der Waals surface area (Å²) in [7, 11) is 0. The highest BCUT2D eigenvalue weighted by molar-refractivity contribution is 7.14. The van der Waals surface area contributed by atoms with Crippen LogP contribution in [0.15, 0.2) is 6.07 Å². The van der Waals surface area contributed by atoms with Crippen LogP contribution in [-0.2, 0) is 0 Å². The first-order chi connectivity index (χ1) is 8.13. The monoisotopic (exact) mass is 252 g/mol. The van der Waals surface area contributed by atoms with Gasteiger partial charge in [0.15, 0.2) is 0 Å². The molecule has 3 nitrogen and oxygen atoms in total. The van der Waals surface area contributed by atoms with Crippen molar-refractivity contribution >= 4 is 17.2 Å². The van der Waals surface area contributed by atoms with E-state index in [2.05, 4.69) is 13.8 Å². The van der Waals surface area contributed by atoms with Crippen LogP contribution in [0.5, 0.6) is 0 Å². The van der Waals surface area contributed by atoms with Crippen LogP contribution in [0, 0.1) is 13.8 Å². The number of carbonyl (C=O) groups is 1. The molecular formula is C13H20N2OS. The molecule has 0 saturated carbocycles. The third kappa shape index (κ3) is 2.53. The van der Waals surface area contributed by atoms with Gasteiger partial charge in [-0.05, 0) is 44.7 Å². The third-order valence-corrected chi connectivity index (χ3v) is 4.68. The van der Waals surface area contributed by atoms with Crippen LogP contribution >= 0.6 is 11.3 Å². The minimum atomic E-state index is 0.168. The van der Waals surface area contributed by atoms with Crippen molar-refractivity contribution in [3.63, 3.8) is 0 Å². The van der Waals surface area contributed by atoms with Gasteiger partial charge in [-0.2, -0.15) is 0 Å². The predicted octanol–water partition coefficient (Wildman–Crippen LogP) is 2.32. The lowest BCUT2D eigenvalue weighted by atomic mass is 10.0. The molecule has 1 aliphatic rings. The maximum atomic E-state index is 12.4. The molecule has 0 radical (unpaired) electrons. The van der Waals surface area contributed by atoms with Crippen molar-refractivity contribution in [3.8, 4) is 0 Å². The van der Waals surface area contributed by atoms with E-state index in [1.807, 2.05) is 11.0 Å². The molecule has 1 fully saturated rings. The van der Waals surface area contributed by atoms with Crippen molar-refractivity contribution in [1.82, 2.24) is 4.90 Å². The Kier molecular flexibility index (Phi) is 3.84. The molecule has 0 aliphatic carbocycles. The minimum Gasteiger partial charge on any atom is -0.334 e. The quantitative estimate of drug-likeness (QED) is 0.878. The molecule has 2 heterocycles. The summed E-state index contributed by atoms with van der Waals surface area (Å²) in [5.74, 6) is 0.168. The fourth-order valence-electron chi connectivity index (χ4n) is 2.33. The average Bonchev–Trinajstić information content (AvgIpc) is 2.68. The van der Waals surface area contributed by atoms with Crippen LogP contribution in [0.4, 0.5) is 0 Å². The van der Waals surface area contributed by atoms with E-state index in [0.717, 1.165) is 24.3 Å². The van der Waals surface area contributed by atoms with Crippen molar-refractivity contribution < 1.29 is 4.79 Å². The summed E-state index contributed by atoms with van der Waals surface area (Å²) < 4.78 is 0. The molecule has 1 aromatic rings. The minimum absolute atomic E-state index is 0.168. The van der Waals surface area contributed by atoms with E-state index in [9.17, 15) is 4.79 Å². The van der Waals surface area contributed by atoms with E-state index in [1.54, 1.807) is 11.3 Å². The number of piperidine rings is 1. The Bertz CT molecular complexity index is 394. The van der Waals surface area contributed by atoms with E-state index in [-0.39, 0.29) is 11.9 Å². The normalized spacial score (nSPS) is 20.6. The van der Waals surface area contributed by atoms with Crippen LogP contribution in [-0.4, -0.2) is 29.9 Å². The first kappa shape index (κ1) is 12.6. The predicted molar refractivity (Wildman–Crippen MR) is 71.5 cm³/mol. The van der Waals surface area contributed by atoms with Gasteiger partial charge in [0.05, 0.1) is 4.88 Å². The largest absolute Gasteiger partial charge is 0.334 e. The maximum absolute atomic E-state index is 12.4. The number of nitrogens with two attached hydrogens (primary N) is 1. The van der Waals surface area contributed by atoms with Crippen LogP contribution < -0.4 is 5.73 Å². The lowest BCUT2D eigenvalue weighted by Crippen LogP contribution is -2.47. The molecule has 2 rings (SSSR count). The first-order valence-electron chi connectivity index (χ1n) is 6.21. The van der Waals surface area contributed by atoms with E-state index < -0.39 is 0 Å². The summed E-state index contributed by atoms with van der Waals surface area (Å²) in [5, 5.41) is 0. The zero-order chi connectivity index (χ0) is 12.4. The number of rotatable bonds is 2. The van der Waals surface area contributed by atoms with Gasteiger partial charge in [0.1, 0.15) is 0 Å². The second-order valence-electron chi connectivity index (χ2n) is 4.73. The summed E-state index contributed by atoms with van der Waals surface area (Å²) in [6, 6.07) is 2.24. The fraction of sp³-hybridized carbons (Fsp3) is 0.615. The van der Waals surface area contributed by atoms with Gasteiger partial charge < -0.3 is 10.6 Å². The lowest BCUT2D eigenvalue weighted by Gasteiger charge is -2.34. The maximum Gasteiger partial charge on any atom is 0.264 e. The smallest absolute Gasteiger partial charge is 0.264 e. The van der Waals surface area contributed by atoms with E-state index >= 15 is 0 Å². The number of aryl methyl sites for hydroxylation is 2. The highest BCUT2D eigenvalue weighted by Gasteiger charge is 2.27. The molecule has 94 valence electrons. The zero-order valence-corrected chi connectivity index (χ0v) is 11.3. The van der Waals surface area contributed by atoms with Gasteiger partial charge in [0.2, 0.25) is 0 Å². The summed E-state index contributed by atoms with van der Waals surface area (Å²) in [6.45, 7) is 5.55. The van der Waals surface area contributed by atoms with E-state index in [0.29, 0.717) is 6.54 Å². The van der Waals surface area contributed by atoms with Crippen molar-refractivity contribution in [2.45, 2.75) is 39.2 Å². The highest BCUT2D eigenvalue weighted by atomic mass is 32.1. The molecule has 0 spiro atoms. The molecule has 2 N–H and O–H groups in total. The molecule has 1 aliphatic heterocycles. The van der Waals surface area contributed by atoms with Crippen molar-refractivity contribution in [1.29, 1.82) is 0 Å². The molecule has 17 heavy (non-hydrogen) atoms. The summed E-state index contributed by atoms with van der Waals surface area (Å²) in [6.07, 6.45) is 3.34. The number of hydrogen-bond acceptors (Lipinski definition) is 3. The van der Waals surface area contributed by atoms with Gasteiger partial charge in [0, 0.05) is 24.0 Å². The molecule has 1 aromatic heterocycles. The van der Waals surface area contributed by atoms with Crippen LogP contribution in [0.25, 0.3) is 0 Å². The second-order valence-corrected chi connectivity index (χ2v) is 5.99. The van der Waals surface area contributed by atoms with Crippen molar-refractivity contribution in [2.75, 3.05) is 13.1 Å². The lowest BCUT2D eigenvalue weighted by molar-refractivity contribution is 0.0628. The number of amides is 1. The van der Waals surface area contributed by atoms with Gasteiger partial charge in [-0.3, -0.25) is 4.79 Å². The Balaban J connectivity index is 2.18. The Morgan fingerprint density at radius 2 is 2.29 bits per heavy atom. The SMILES string of the molecule is Cc1cc(C(=O)N2CCCCC2CN)sc1C. The van der Waals surface area contributed by atoms with E-state index in [1.165, 1.54) is 16.9 Å². The molecular weight excluding hydrogens is 232 g/mol. The molecule has 0 aromatic carbocycles. The Morgan fingerprint density at radius 1 is 1.53 bits per heavy atom. The highest BCUT2D eigenvalue weighted by Crippen LogP contribution is 2.25. The fourth-order valence-corrected chi connectivity index (χ4v) is 3.32. The molecule has 1 unspecified atom stereocenters. The first-order valence-corrected chi connectivity index (χ1v) is 7.03. The zero-order valence-electron chi connectivity index (χ0n) is 10.5. The topological polar surface area (TPSA) is 46.3 Å². The van der Waals surface area contributed by atoms with Gasteiger partial charge in [0.25, 0.3) is 5.91 Å². The number of carbonyl (C=O) groups excluding carboxylic acids is 1. The molecule has 0 bridgehead atoms.